The van der Waals surface area contributed by atoms with Crippen LogP contribution in [0.1, 0.15) is 5.56 Å². The lowest BCUT2D eigenvalue weighted by Crippen LogP contribution is -2.28. The summed E-state index contributed by atoms with van der Waals surface area (Å²) in [6, 6.07) is 16.4. The lowest BCUT2D eigenvalue weighted by Gasteiger charge is -2.10. The van der Waals surface area contributed by atoms with Crippen molar-refractivity contribution in [2.45, 2.75) is 13.1 Å². The summed E-state index contributed by atoms with van der Waals surface area (Å²) in [5.41, 5.74) is 1.72. The minimum Gasteiger partial charge on any atom is -0.448 e. The fourth-order valence-electron chi connectivity index (χ4n) is 3.44. The standard InChI is InChI=1S/C22H16ClN5O3/c23-15-5-3-4-14(10-15)11-28-18(8-9-25-28)26-19(29)12-27-13-24-20-16-6-1-2-7-17(16)31-21(20)22(27)30/h1-10,13H,11-12H2,(H,26,29). The van der Waals surface area contributed by atoms with Crippen LogP contribution in [0.15, 0.2) is 76.3 Å². The summed E-state index contributed by atoms with van der Waals surface area (Å²) < 4.78 is 8.52. The van der Waals surface area contributed by atoms with Crippen molar-refractivity contribution in [1.29, 1.82) is 0 Å². The summed E-state index contributed by atoms with van der Waals surface area (Å²) in [6.07, 6.45) is 2.95. The predicted molar refractivity (Wildman–Crippen MR) is 117 cm³/mol. The van der Waals surface area contributed by atoms with Crippen molar-refractivity contribution in [3.05, 3.63) is 88.1 Å². The van der Waals surface area contributed by atoms with Gasteiger partial charge in [-0.1, -0.05) is 35.9 Å². The Kier molecular flexibility index (Phi) is 4.76. The summed E-state index contributed by atoms with van der Waals surface area (Å²) in [6.45, 7) is 0.233. The Hall–Kier alpha value is -3.91. The van der Waals surface area contributed by atoms with Crippen molar-refractivity contribution in [1.82, 2.24) is 19.3 Å². The zero-order valence-corrected chi connectivity index (χ0v) is 16.9. The fourth-order valence-corrected chi connectivity index (χ4v) is 3.65. The van der Waals surface area contributed by atoms with Crippen LogP contribution >= 0.6 is 11.6 Å². The summed E-state index contributed by atoms with van der Waals surface area (Å²) >= 11 is 6.04. The molecule has 0 aliphatic rings. The molecule has 8 nitrogen and oxygen atoms in total. The highest BCUT2D eigenvalue weighted by Gasteiger charge is 2.15. The molecule has 2 aromatic carbocycles. The van der Waals surface area contributed by atoms with Crippen LogP contribution in [0.5, 0.6) is 0 Å². The lowest BCUT2D eigenvalue weighted by atomic mass is 10.2. The summed E-state index contributed by atoms with van der Waals surface area (Å²) in [4.78, 5) is 29.7. The third-order valence-electron chi connectivity index (χ3n) is 4.87. The van der Waals surface area contributed by atoms with E-state index in [0.717, 1.165) is 10.9 Å². The highest BCUT2D eigenvalue weighted by atomic mass is 35.5. The maximum Gasteiger partial charge on any atom is 0.297 e. The molecule has 0 bridgehead atoms. The van der Waals surface area contributed by atoms with Gasteiger partial charge in [-0.2, -0.15) is 5.10 Å². The van der Waals surface area contributed by atoms with Crippen molar-refractivity contribution < 1.29 is 9.21 Å². The molecule has 0 unspecified atom stereocenters. The van der Waals surface area contributed by atoms with E-state index in [1.54, 1.807) is 29.1 Å². The quantitative estimate of drug-likeness (QED) is 0.456. The molecule has 5 aromatic rings. The smallest absolute Gasteiger partial charge is 0.297 e. The molecule has 5 rings (SSSR count). The van der Waals surface area contributed by atoms with Crippen LogP contribution in [-0.4, -0.2) is 25.2 Å². The van der Waals surface area contributed by atoms with Gasteiger partial charge in [-0.25, -0.2) is 9.67 Å². The Morgan fingerprint density at radius 3 is 2.87 bits per heavy atom. The molecule has 0 fully saturated rings. The summed E-state index contributed by atoms with van der Waals surface area (Å²) in [7, 11) is 0. The van der Waals surface area contributed by atoms with E-state index >= 15 is 0 Å². The molecule has 0 saturated heterocycles. The number of carbonyl (C=O) groups excluding carboxylic acids is 1. The molecule has 31 heavy (non-hydrogen) atoms. The van der Waals surface area contributed by atoms with Gasteiger partial charge in [0.05, 0.1) is 19.1 Å². The number of nitrogens with one attached hydrogen (secondary N) is 1. The number of amides is 1. The number of benzene rings is 2. The molecule has 0 saturated carbocycles. The average molecular weight is 434 g/mol. The number of hydrogen-bond donors (Lipinski definition) is 1. The average Bonchev–Trinajstić information content (AvgIpc) is 3.35. The van der Waals surface area contributed by atoms with Crippen LogP contribution in [0.2, 0.25) is 5.02 Å². The van der Waals surface area contributed by atoms with Crippen LogP contribution in [0.3, 0.4) is 0 Å². The van der Waals surface area contributed by atoms with Gasteiger partial charge in [-0.15, -0.1) is 0 Å². The Morgan fingerprint density at radius 1 is 1.13 bits per heavy atom. The third kappa shape index (κ3) is 3.69. The maximum atomic E-state index is 12.8. The number of hydrogen-bond acceptors (Lipinski definition) is 5. The number of aromatic nitrogens is 4. The van der Waals surface area contributed by atoms with Gasteiger partial charge in [0.2, 0.25) is 11.5 Å². The Bertz CT molecular complexity index is 1480. The van der Waals surface area contributed by atoms with Gasteiger partial charge in [0.15, 0.2) is 0 Å². The number of rotatable bonds is 5. The van der Waals surface area contributed by atoms with Gasteiger partial charge in [-0.05, 0) is 29.8 Å². The molecule has 3 heterocycles. The van der Waals surface area contributed by atoms with E-state index < -0.39 is 5.56 Å². The topological polar surface area (TPSA) is 94.9 Å². The molecule has 0 atom stereocenters. The lowest BCUT2D eigenvalue weighted by molar-refractivity contribution is -0.116. The van der Waals surface area contributed by atoms with Crippen LogP contribution < -0.4 is 10.9 Å². The molecule has 1 amide bonds. The Balaban J connectivity index is 1.36. The first-order valence-electron chi connectivity index (χ1n) is 9.51. The second-order valence-corrected chi connectivity index (χ2v) is 7.44. The zero-order chi connectivity index (χ0) is 21.4. The van der Waals surface area contributed by atoms with E-state index in [4.69, 9.17) is 16.0 Å². The summed E-state index contributed by atoms with van der Waals surface area (Å²) in [5, 5.41) is 8.42. The Labute approximate surface area is 180 Å². The van der Waals surface area contributed by atoms with Gasteiger partial charge >= 0.3 is 0 Å². The molecular weight excluding hydrogens is 418 g/mol. The zero-order valence-electron chi connectivity index (χ0n) is 16.2. The number of para-hydroxylation sites is 1. The van der Waals surface area contributed by atoms with Crippen molar-refractivity contribution in [2.75, 3.05) is 5.32 Å². The van der Waals surface area contributed by atoms with Crippen molar-refractivity contribution in [3.63, 3.8) is 0 Å². The monoisotopic (exact) mass is 433 g/mol. The van der Waals surface area contributed by atoms with E-state index in [2.05, 4.69) is 15.4 Å². The molecule has 0 spiro atoms. The molecule has 154 valence electrons. The number of nitrogens with zero attached hydrogens (tertiary/aromatic N) is 4. The van der Waals surface area contributed by atoms with Gasteiger partial charge in [0.25, 0.3) is 5.56 Å². The van der Waals surface area contributed by atoms with Gasteiger partial charge in [0.1, 0.15) is 23.5 Å². The van der Waals surface area contributed by atoms with Gasteiger partial charge in [0, 0.05) is 16.5 Å². The fraction of sp³-hybridized carbons (Fsp3) is 0.0909. The minimum atomic E-state index is -0.413. The molecule has 0 radical (unpaired) electrons. The first kappa shape index (κ1) is 19.1. The van der Waals surface area contributed by atoms with E-state index in [9.17, 15) is 9.59 Å². The van der Waals surface area contributed by atoms with E-state index in [0.29, 0.717) is 28.5 Å². The van der Waals surface area contributed by atoms with Crippen molar-refractivity contribution in [3.8, 4) is 0 Å². The SMILES string of the molecule is O=C(Cn1cnc2c(oc3ccccc32)c1=O)Nc1ccnn1Cc1cccc(Cl)c1. The maximum absolute atomic E-state index is 12.8. The number of furan rings is 1. The first-order valence-corrected chi connectivity index (χ1v) is 9.89. The normalized spacial score (nSPS) is 11.3. The molecule has 9 heteroatoms. The number of halogens is 1. The highest BCUT2D eigenvalue weighted by molar-refractivity contribution is 6.30. The van der Waals surface area contributed by atoms with Crippen LogP contribution in [0, 0.1) is 0 Å². The Morgan fingerprint density at radius 2 is 2.00 bits per heavy atom. The molecule has 0 aliphatic carbocycles. The van der Waals surface area contributed by atoms with E-state index in [-0.39, 0.29) is 18.0 Å². The van der Waals surface area contributed by atoms with Crippen molar-refractivity contribution >= 4 is 45.4 Å². The van der Waals surface area contributed by atoms with Gasteiger partial charge < -0.3 is 9.73 Å². The molecule has 0 aliphatic heterocycles. The van der Waals surface area contributed by atoms with E-state index in [1.165, 1.54) is 10.9 Å². The third-order valence-corrected chi connectivity index (χ3v) is 5.11. The second kappa shape index (κ2) is 7.73. The minimum absolute atomic E-state index is 0.127. The van der Waals surface area contributed by atoms with Crippen molar-refractivity contribution in [2.24, 2.45) is 0 Å². The number of anilines is 1. The first-order chi connectivity index (χ1) is 15.1. The highest BCUT2D eigenvalue weighted by Crippen LogP contribution is 2.24. The largest absolute Gasteiger partial charge is 0.448 e. The van der Waals surface area contributed by atoms with Crippen LogP contribution in [-0.2, 0) is 17.9 Å². The second-order valence-electron chi connectivity index (χ2n) is 7.01. The predicted octanol–water partition coefficient (Wildman–Crippen LogP) is 3.68. The van der Waals surface area contributed by atoms with Crippen LogP contribution in [0.4, 0.5) is 5.82 Å². The number of carbonyl (C=O) groups is 1. The molecule has 3 aromatic heterocycles. The number of fused-ring (bicyclic) bond motifs is 3. The van der Waals surface area contributed by atoms with E-state index in [1.807, 2.05) is 36.4 Å². The van der Waals surface area contributed by atoms with Gasteiger partial charge in [-0.3, -0.25) is 14.2 Å². The van der Waals surface area contributed by atoms with Crippen LogP contribution in [0.25, 0.3) is 22.1 Å². The molecular formula is C22H16ClN5O3. The molecule has 1 N–H and O–H groups in total. The summed E-state index contributed by atoms with van der Waals surface area (Å²) in [5.74, 6) is 0.128.